The van der Waals surface area contributed by atoms with E-state index in [1.807, 2.05) is 0 Å². The molecule has 2 fully saturated rings. The van der Waals surface area contributed by atoms with Gasteiger partial charge >= 0.3 is 0 Å². The lowest BCUT2D eigenvalue weighted by Gasteiger charge is -2.40. The van der Waals surface area contributed by atoms with Gasteiger partial charge in [-0.05, 0) is 62.2 Å². The number of nitrogens with one attached hydrogen (secondary N) is 1. The van der Waals surface area contributed by atoms with Crippen molar-refractivity contribution in [1.29, 1.82) is 0 Å². The lowest BCUT2D eigenvalue weighted by molar-refractivity contribution is 0.160. The van der Waals surface area contributed by atoms with Gasteiger partial charge in [0.05, 0.1) is 0 Å². The second kappa shape index (κ2) is 5.73. The van der Waals surface area contributed by atoms with E-state index in [9.17, 15) is 0 Å². The molecule has 0 bridgehead atoms. The maximum absolute atomic E-state index is 4.00. The van der Waals surface area contributed by atoms with Crippen LogP contribution in [0.5, 0.6) is 0 Å². The summed E-state index contributed by atoms with van der Waals surface area (Å²) >= 11 is 0. The molecule has 1 nitrogen and oxygen atoms in total. The Hall–Kier alpha value is -0.0400. The van der Waals surface area contributed by atoms with Crippen molar-refractivity contribution in [3.05, 3.63) is 0 Å². The Balaban J connectivity index is 1.84. The van der Waals surface area contributed by atoms with E-state index in [0.29, 0.717) is 0 Å². The molecule has 0 aromatic heterocycles. The highest BCUT2D eigenvalue weighted by Gasteiger charge is 2.31. The van der Waals surface area contributed by atoms with Gasteiger partial charge in [0.1, 0.15) is 0 Å². The zero-order chi connectivity index (χ0) is 12.4. The van der Waals surface area contributed by atoms with E-state index < -0.39 is 0 Å². The fraction of sp³-hybridized carbons (Fsp3) is 1.00. The zero-order valence-corrected chi connectivity index (χ0v) is 12.2. The molecule has 2 aliphatic rings. The third-order valence-corrected chi connectivity index (χ3v) is 5.29. The molecule has 2 saturated carbocycles. The average molecular weight is 237 g/mol. The third-order valence-electron chi connectivity index (χ3n) is 5.29. The van der Waals surface area contributed by atoms with Crippen molar-refractivity contribution < 1.29 is 0 Å². The minimum atomic E-state index is 0.798. The van der Waals surface area contributed by atoms with Crippen LogP contribution >= 0.6 is 0 Å². The Bertz CT molecular complexity index is 214. The first kappa shape index (κ1) is 13.4. The van der Waals surface area contributed by atoms with Gasteiger partial charge in [-0.3, -0.25) is 0 Å². The van der Waals surface area contributed by atoms with Gasteiger partial charge in [0, 0.05) is 12.1 Å². The summed E-state index contributed by atoms with van der Waals surface area (Å²) in [6.07, 6.45) is 8.52. The van der Waals surface area contributed by atoms with Crippen LogP contribution in [-0.2, 0) is 0 Å². The second-order valence-electron chi connectivity index (χ2n) is 7.17. The van der Waals surface area contributed by atoms with Crippen molar-refractivity contribution in [2.45, 2.75) is 78.3 Å². The summed E-state index contributed by atoms with van der Waals surface area (Å²) in [7, 11) is 0. The molecular weight excluding hydrogens is 206 g/mol. The Morgan fingerprint density at radius 2 is 1.06 bits per heavy atom. The molecule has 0 radical (unpaired) electrons. The fourth-order valence-electron chi connectivity index (χ4n) is 4.10. The van der Waals surface area contributed by atoms with Crippen molar-refractivity contribution >= 4 is 0 Å². The highest BCUT2D eigenvalue weighted by molar-refractivity contribution is 4.88. The Morgan fingerprint density at radius 1 is 0.647 bits per heavy atom. The van der Waals surface area contributed by atoms with Gasteiger partial charge in [-0.2, -0.15) is 0 Å². The minimum Gasteiger partial charge on any atom is -0.311 e. The molecule has 0 heterocycles. The summed E-state index contributed by atoms with van der Waals surface area (Å²) in [4.78, 5) is 0. The molecule has 0 aromatic carbocycles. The van der Waals surface area contributed by atoms with E-state index in [4.69, 9.17) is 0 Å². The molecule has 2 aliphatic carbocycles. The summed E-state index contributed by atoms with van der Waals surface area (Å²) in [6.45, 7) is 9.72. The largest absolute Gasteiger partial charge is 0.311 e. The van der Waals surface area contributed by atoms with Gasteiger partial charge in [-0.15, -0.1) is 0 Å². The smallest absolute Gasteiger partial charge is 0.00955 e. The quantitative estimate of drug-likeness (QED) is 0.758. The second-order valence-corrected chi connectivity index (χ2v) is 7.17. The van der Waals surface area contributed by atoms with Gasteiger partial charge in [0.25, 0.3) is 0 Å². The van der Waals surface area contributed by atoms with E-state index in [-0.39, 0.29) is 0 Å². The molecule has 0 saturated heterocycles. The first-order chi connectivity index (χ1) is 8.06. The van der Waals surface area contributed by atoms with Gasteiger partial charge in [-0.1, -0.05) is 27.7 Å². The molecule has 0 amide bonds. The first-order valence-corrected chi connectivity index (χ1v) is 7.82. The Labute approximate surface area is 108 Å². The predicted molar refractivity (Wildman–Crippen MR) is 75.1 cm³/mol. The van der Waals surface area contributed by atoms with Crippen LogP contribution in [0.3, 0.4) is 0 Å². The van der Waals surface area contributed by atoms with Crippen LogP contribution in [0.2, 0.25) is 0 Å². The maximum Gasteiger partial charge on any atom is 0.00955 e. The van der Waals surface area contributed by atoms with Crippen LogP contribution < -0.4 is 5.32 Å². The summed E-state index contributed by atoms with van der Waals surface area (Å²) in [5.74, 6) is 3.66. The SMILES string of the molecule is CC1CCC(NC2CCC(C)CC2C)C(C)C1. The maximum atomic E-state index is 4.00. The molecular formula is C16H31N. The molecule has 2 rings (SSSR count). The molecule has 0 spiro atoms. The molecule has 100 valence electrons. The Kier molecular flexibility index (Phi) is 4.52. The van der Waals surface area contributed by atoms with Gasteiger partial charge in [-0.25, -0.2) is 0 Å². The summed E-state index contributed by atoms with van der Waals surface area (Å²) in [6, 6.07) is 1.60. The lowest BCUT2D eigenvalue weighted by Crippen LogP contribution is -2.48. The first-order valence-electron chi connectivity index (χ1n) is 7.82. The summed E-state index contributed by atoms with van der Waals surface area (Å²) in [5.41, 5.74) is 0. The lowest BCUT2D eigenvalue weighted by atomic mass is 9.76. The predicted octanol–water partition coefficient (Wildman–Crippen LogP) is 4.23. The molecule has 6 atom stereocenters. The van der Waals surface area contributed by atoms with Gasteiger partial charge in [0.2, 0.25) is 0 Å². The normalized spacial score (nSPS) is 48.0. The van der Waals surface area contributed by atoms with E-state index in [1.54, 1.807) is 0 Å². The monoisotopic (exact) mass is 237 g/mol. The van der Waals surface area contributed by atoms with Crippen LogP contribution in [0.25, 0.3) is 0 Å². The van der Waals surface area contributed by atoms with Crippen LogP contribution in [-0.4, -0.2) is 12.1 Å². The van der Waals surface area contributed by atoms with Crippen LogP contribution in [0.4, 0.5) is 0 Å². The Morgan fingerprint density at radius 3 is 1.41 bits per heavy atom. The number of rotatable bonds is 2. The van der Waals surface area contributed by atoms with Crippen molar-refractivity contribution in [1.82, 2.24) is 5.32 Å². The summed E-state index contributed by atoms with van der Waals surface area (Å²) in [5, 5.41) is 4.00. The van der Waals surface area contributed by atoms with Crippen LogP contribution in [0.1, 0.15) is 66.2 Å². The van der Waals surface area contributed by atoms with E-state index >= 15 is 0 Å². The van der Waals surface area contributed by atoms with Crippen molar-refractivity contribution in [3.63, 3.8) is 0 Å². The van der Waals surface area contributed by atoms with E-state index in [1.165, 1.54) is 38.5 Å². The molecule has 1 heteroatoms. The van der Waals surface area contributed by atoms with Crippen LogP contribution in [0.15, 0.2) is 0 Å². The fourth-order valence-corrected chi connectivity index (χ4v) is 4.10. The van der Waals surface area contributed by atoms with Crippen molar-refractivity contribution in [2.75, 3.05) is 0 Å². The summed E-state index contributed by atoms with van der Waals surface area (Å²) < 4.78 is 0. The standard InChI is InChI=1S/C16H31N/c1-11-5-7-15(13(3)9-11)17-16-8-6-12(2)10-14(16)4/h11-17H,5-10H2,1-4H3. The average Bonchev–Trinajstić information content (AvgIpc) is 2.25. The molecule has 17 heavy (non-hydrogen) atoms. The molecule has 1 N–H and O–H groups in total. The molecule has 0 aromatic rings. The number of hydrogen-bond acceptors (Lipinski definition) is 1. The highest BCUT2D eigenvalue weighted by atomic mass is 15.0. The van der Waals surface area contributed by atoms with Crippen LogP contribution in [0, 0.1) is 23.7 Å². The van der Waals surface area contributed by atoms with Gasteiger partial charge in [0.15, 0.2) is 0 Å². The zero-order valence-electron chi connectivity index (χ0n) is 12.2. The number of hydrogen-bond donors (Lipinski definition) is 1. The molecule has 0 aliphatic heterocycles. The molecule has 6 unspecified atom stereocenters. The van der Waals surface area contributed by atoms with Gasteiger partial charge < -0.3 is 5.32 Å². The van der Waals surface area contributed by atoms with E-state index in [2.05, 4.69) is 33.0 Å². The highest BCUT2D eigenvalue weighted by Crippen LogP contribution is 2.33. The van der Waals surface area contributed by atoms with Crippen molar-refractivity contribution in [3.8, 4) is 0 Å². The third kappa shape index (κ3) is 3.47. The van der Waals surface area contributed by atoms with Crippen molar-refractivity contribution in [2.24, 2.45) is 23.7 Å². The van der Waals surface area contributed by atoms with E-state index in [0.717, 1.165) is 35.8 Å². The minimum absolute atomic E-state index is 0.798. The topological polar surface area (TPSA) is 12.0 Å².